The molecule has 0 bridgehead atoms. The zero-order valence-electron chi connectivity index (χ0n) is 16.5. The van der Waals surface area contributed by atoms with Gasteiger partial charge in [-0.3, -0.25) is 0 Å². The van der Waals surface area contributed by atoms with Gasteiger partial charge in [0.1, 0.15) is 5.82 Å². The number of halogens is 16. The van der Waals surface area contributed by atoms with Crippen LogP contribution in [0, 0.1) is 5.82 Å². The van der Waals surface area contributed by atoms with Crippen LogP contribution in [0.1, 0.15) is 18.9 Å². The predicted octanol–water partition coefficient (Wildman–Crippen LogP) is 7.45. The Labute approximate surface area is 179 Å². The Morgan fingerprint density at radius 3 is 1.44 bits per heavy atom. The smallest absolute Gasteiger partial charge is 0.374 e. The van der Waals surface area contributed by atoms with Gasteiger partial charge in [-0.1, -0.05) is 12.1 Å². The molecular weight excluding hydrogens is 524 g/mol. The van der Waals surface area contributed by atoms with E-state index in [-0.39, 0.29) is 0 Å². The highest BCUT2D eigenvalue weighted by molar-refractivity contribution is 5.24. The first-order chi connectivity index (χ1) is 14.8. The zero-order valence-corrected chi connectivity index (χ0v) is 16.5. The highest BCUT2D eigenvalue weighted by Crippen LogP contribution is 2.63. The third-order valence-electron chi connectivity index (χ3n) is 4.84. The molecule has 0 heterocycles. The Morgan fingerprint density at radius 2 is 1.06 bits per heavy atom. The summed E-state index contributed by atoms with van der Waals surface area (Å²) in [5.41, 5.74) is -3.67. The summed E-state index contributed by atoms with van der Waals surface area (Å²) in [6, 6.07) is 2.58. The summed E-state index contributed by atoms with van der Waals surface area (Å²) in [5.74, 6) is -48.3. The van der Waals surface area contributed by atoms with Gasteiger partial charge in [-0.2, -0.15) is 65.9 Å². The molecule has 1 aromatic rings. The minimum Gasteiger partial charge on any atom is -0.374 e. The molecular formula is C17H12F16O. The molecule has 1 unspecified atom stereocenters. The first-order valence-electron chi connectivity index (χ1n) is 8.41. The van der Waals surface area contributed by atoms with E-state index in [2.05, 4.69) is 4.74 Å². The Morgan fingerprint density at radius 1 is 0.647 bits per heavy atom. The quantitative estimate of drug-likeness (QED) is 0.298. The first kappa shape index (κ1) is 30.1. The van der Waals surface area contributed by atoms with Crippen LogP contribution in [-0.2, 0) is 10.3 Å². The molecule has 0 fully saturated rings. The maximum Gasteiger partial charge on any atom is 0.460 e. The van der Waals surface area contributed by atoms with E-state index in [9.17, 15) is 70.2 Å². The molecule has 0 spiro atoms. The van der Waals surface area contributed by atoms with Gasteiger partial charge in [-0.05, 0) is 24.6 Å². The molecule has 0 amide bonds. The molecule has 0 aliphatic rings. The van der Waals surface area contributed by atoms with Gasteiger partial charge in [0, 0.05) is 7.11 Å². The Balaban J connectivity index is 3.60. The van der Waals surface area contributed by atoms with Gasteiger partial charge in [-0.25, -0.2) is 4.39 Å². The van der Waals surface area contributed by atoms with Crippen LogP contribution in [0.15, 0.2) is 24.3 Å². The van der Waals surface area contributed by atoms with Gasteiger partial charge >= 0.3 is 41.7 Å². The van der Waals surface area contributed by atoms with Crippen molar-refractivity contribution in [1.29, 1.82) is 0 Å². The van der Waals surface area contributed by atoms with E-state index >= 15 is 0 Å². The second-order valence-electron chi connectivity index (χ2n) is 7.20. The van der Waals surface area contributed by atoms with Crippen molar-refractivity contribution in [3.63, 3.8) is 0 Å². The van der Waals surface area contributed by atoms with Crippen LogP contribution in [0.3, 0.4) is 0 Å². The van der Waals surface area contributed by atoms with Crippen LogP contribution in [0.5, 0.6) is 0 Å². The minimum atomic E-state index is -8.37. The van der Waals surface area contributed by atoms with Crippen molar-refractivity contribution >= 4 is 0 Å². The van der Waals surface area contributed by atoms with Crippen molar-refractivity contribution in [2.45, 2.75) is 60.7 Å². The number of hydrogen-bond acceptors (Lipinski definition) is 1. The van der Waals surface area contributed by atoms with Gasteiger partial charge in [0.15, 0.2) is 0 Å². The lowest BCUT2D eigenvalue weighted by atomic mass is 9.83. The molecule has 34 heavy (non-hydrogen) atoms. The van der Waals surface area contributed by atoms with Crippen molar-refractivity contribution in [2.24, 2.45) is 0 Å². The minimum absolute atomic E-state index is 0.364. The van der Waals surface area contributed by atoms with Crippen LogP contribution < -0.4 is 0 Å². The average Bonchev–Trinajstić information content (AvgIpc) is 2.65. The van der Waals surface area contributed by atoms with E-state index in [1.165, 1.54) is 0 Å². The van der Waals surface area contributed by atoms with Crippen molar-refractivity contribution < 1.29 is 75.0 Å². The number of benzene rings is 1. The second kappa shape index (κ2) is 8.33. The fraction of sp³-hybridized carbons (Fsp3) is 0.647. The molecule has 0 radical (unpaired) electrons. The molecule has 0 aliphatic carbocycles. The zero-order chi connectivity index (χ0) is 27.4. The topological polar surface area (TPSA) is 9.23 Å². The molecule has 0 aromatic heterocycles. The van der Waals surface area contributed by atoms with E-state index in [4.69, 9.17) is 0 Å². The molecule has 0 saturated carbocycles. The Kier molecular flexibility index (Phi) is 7.37. The SMILES string of the molecule is COC(C)(CC(F)(F)C(F)(F)C(F)(F)C(F)(F)C(F)(F)C(F)(F)C(F)(F)F)c1cccc(F)c1. The van der Waals surface area contributed by atoms with E-state index < -0.39 is 65.1 Å². The Hall–Kier alpha value is -1.94. The third kappa shape index (κ3) is 4.27. The van der Waals surface area contributed by atoms with E-state index in [0.29, 0.717) is 26.2 Å². The van der Waals surface area contributed by atoms with Crippen molar-refractivity contribution in [1.82, 2.24) is 0 Å². The van der Waals surface area contributed by atoms with Gasteiger partial charge in [0.25, 0.3) is 0 Å². The van der Waals surface area contributed by atoms with Gasteiger partial charge in [0.2, 0.25) is 0 Å². The van der Waals surface area contributed by atoms with E-state index in [1.54, 1.807) is 0 Å². The lowest BCUT2D eigenvalue weighted by molar-refractivity contribution is -0.453. The van der Waals surface area contributed by atoms with Crippen LogP contribution >= 0.6 is 0 Å². The number of alkyl halides is 15. The maximum atomic E-state index is 14.2. The number of methoxy groups -OCH3 is 1. The summed E-state index contributed by atoms with van der Waals surface area (Å²) in [4.78, 5) is 0. The summed E-state index contributed by atoms with van der Waals surface area (Å²) in [6.45, 7) is 0.439. The van der Waals surface area contributed by atoms with Crippen LogP contribution in [-0.4, -0.2) is 48.8 Å². The average molecular weight is 536 g/mol. The molecule has 1 atom stereocenters. The van der Waals surface area contributed by atoms with Crippen molar-refractivity contribution in [3.8, 4) is 0 Å². The molecule has 0 N–H and O–H groups in total. The molecule has 17 heteroatoms. The summed E-state index contributed by atoms with van der Waals surface area (Å²) in [6.07, 6.45) is -10.4. The van der Waals surface area contributed by atoms with Crippen LogP contribution in [0.2, 0.25) is 0 Å². The first-order valence-corrected chi connectivity index (χ1v) is 8.41. The fourth-order valence-electron chi connectivity index (χ4n) is 2.64. The fourth-order valence-corrected chi connectivity index (χ4v) is 2.64. The normalized spacial score (nSPS) is 17.0. The Bertz CT molecular complexity index is 875. The summed E-state index contributed by atoms with van der Waals surface area (Å²) in [7, 11) is 0.490. The number of hydrogen-bond donors (Lipinski definition) is 0. The van der Waals surface area contributed by atoms with Gasteiger partial charge in [0.05, 0.1) is 12.0 Å². The van der Waals surface area contributed by atoms with Crippen LogP contribution in [0.4, 0.5) is 70.2 Å². The third-order valence-corrected chi connectivity index (χ3v) is 4.84. The second-order valence-corrected chi connectivity index (χ2v) is 7.20. The molecule has 1 aromatic carbocycles. The predicted molar refractivity (Wildman–Crippen MR) is 81.1 cm³/mol. The summed E-state index contributed by atoms with van der Waals surface area (Å²) < 4.78 is 217. The van der Waals surface area contributed by atoms with Crippen molar-refractivity contribution in [3.05, 3.63) is 35.6 Å². The molecule has 0 saturated heterocycles. The maximum absolute atomic E-state index is 14.2. The number of rotatable bonds is 9. The number of ether oxygens (including phenoxy) is 1. The van der Waals surface area contributed by atoms with Crippen LogP contribution in [0.25, 0.3) is 0 Å². The standard InChI is InChI=1S/C17H12F16O/c1-10(34-2,8-4-3-5-9(18)6-8)7-11(19,20)12(21,22)13(23,24)14(25,26)15(27,28)16(29,30)17(31,32)33/h3-6H,7H2,1-2H3. The summed E-state index contributed by atoms with van der Waals surface area (Å²) >= 11 is 0. The highest BCUT2D eigenvalue weighted by atomic mass is 19.4. The summed E-state index contributed by atoms with van der Waals surface area (Å²) in [5, 5.41) is 0. The lowest BCUT2D eigenvalue weighted by Gasteiger charge is -2.43. The molecule has 1 nitrogen and oxygen atoms in total. The monoisotopic (exact) mass is 536 g/mol. The van der Waals surface area contributed by atoms with E-state index in [0.717, 1.165) is 12.1 Å². The van der Waals surface area contributed by atoms with E-state index in [1.807, 2.05) is 0 Å². The van der Waals surface area contributed by atoms with Gasteiger partial charge in [-0.15, -0.1) is 0 Å². The lowest BCUT2D eigenvalue weighted by Crippen LogP contribution is -2.72. The van der Waals surface area contributed by atoms with Gasteiger partial charge < -0.3 is 4.74 Å². The van der Waals surface area contributed by atoms with Crippen molar-refractivity contribution in [2.75, 3.05) is 7.11 Å². The highest BCUT2D eigenvalue weighted by Gasteiger charge is 2.93. The molecule has 1 rings (SSSR count). The molecule has 198 valence electrons. The largest absolute Gasteiger partial charge is 0.460 e. The molecule has 0 aliphatic heterocycles.